The second-order valence-corrected chi connectivity index (χ2v) is 4.85. The fourth-order valence-corrected chi connectivity index (χ4v) is 2.69. The summed E-state index contributed by atoms with van der Waals surface area (Å²) < 4.78 is 0. The molecule has 1 saturated carbocycles. The highest BCUT2D eigenvalue weighted by Gasteiger charge is 2.40. The van der Waals surface area contributed by atoms with Gasteiger partial charge >= 0.3 is 0 Å². The van der Waals surface area contributed by atoms with Gasteiger partial charge in [-0.2, -0.15) is 0 Å². The number of ketones is 1. The summed E-state index contributed by atoms with van der Waals surface area (Å²) in [4.78, 5) is 12.0. The lowest BCUT2D eigenvalue weighted by Gasteiger charge is -2.41. The molecule has 0 bridgehead atoms. The summed E-state index contributed by atoms with van der Waals surface area (Å²) in [7, 11) is 0. The van der Waals surface area contributed by atoms with Crippen LogP contribution < -0.4 is 0 Å². The molecule has 1 aliphatic carbocycles. The van der Waals surface area contributed by atoms with E-state index < -0.39 is 0 Å². The van der Waals surface area contributed by atoms with Gasteiger partial charge in [-0.15, -0.1) is 0 Å². The van der Waals surface area contributed by atoms with E-state index in [4.69, 9.17) is 0 Å². The quantitative estimate of drug-likeness (QED) is 0.505. The molecule has 15 heavy (non-hydrogen) atoms. The highest BCUT2D eigenvalue weighted by molar-refractivity contribution is 5.94. The number of rotatable bonds is 3. The minimum Gasteiger partial charge on any atom is -0.294 e. The first kappa shape index (κ1) is 12.2. The Bertz CT molecular complexity index is 288. The fraction of sp³-hybridized carbons (Fsp3) is 0.643. The Morgan fingerprint density at radius 1 is 1.67 bits per heavy atom. The Balaban J connectivity index is 2.96. The maximum Gasteiger partial charge on any atom is 0.162 e. The molecule has 2 atom stereocenters. The van der Waals surface area contributed by atoms with Crippen LogP contribution in [-0.4, -0.2) is 5.78 Å². The van der Waals surface area contributed by atoms with Crippen LogP contribution in [0.1, 0.15) is 46.5 Å². The van der Waals surface area contributed by atoms with Gasteiger partial charge in [0.25, 0.3) is 0 Å². The van der Waals surface area contributed by atoms with Gasteiger partial charge in [-0.3, -0.25) is 4.79 Å². The van der Waals surface area contributed by atoms with Crippen molar-refractivity contribution in [3.63, 3.8) is 0 Å². The Labute approximate surface area is 93.3 Å². The lowest BCUT2D eigenvalue weighted by molar-refractivity contribution is -0.121. The minimum absolute atomic E-state index is 0.0486. The summed E-state index contributed by atoms with van der Waals surface area (Å²) in [5.74, 6) is 0.291. The van der Waals surface area contributed by atoms with Crippen molar-refractivity contribution < 1.29 is 4.79 Å². The van der Waals surface area contributed by atoms with Gasteiger partial charge < -0.3 is 0 Å². The summed E-state index contributed by atoms with van der Waals surface area (Å²) in [6, 6.07) is 0. The third-order valence-electron chi connectivity index (χ3n) is 3.77. The second-order valence-electron chi connectivity index (χ2n) is 4.85. The van der Waals surface area contributed by atoms with Crippen LogP contribution in [0.5, 0.6) is 0 Å². The Hall–Kier alpha value is -0.850. The number of carbonyl (C=O) groups excluding carboxylic acids is 1. The molecular weight excluding hydrogens is 184 g/mol. The zero-order valence-electron chi connectivity index (χ0n) is 10.2. The molecule has 0 heterocycles. The second kappa shape index (κ2) is 4.78. The van der Waals surface area contributed by atoms with E-state index in [9.17, 15) is 4.79 Å². The van der Waals surface area contributed by atoms with E-state index in [1.54, 1.807) is 6.08 Å². The summed E-state index contributed by atoms with van der Waals surface area (Å²) >= 11 is 0. The van der Waals surface area contributed by atoms with Gasteiger partial charge in [0.1, 0.15) is 0 Å². The molecule has 1 heteroatoms. The van der Waals surface area contributed by atoms with E-state index in [2.05, 4.69) is 20.4 Å². The Morgan fingerprint density at radius 2 is 2.33 bits per heavy atom. The molecule has 1 aliphatic rings. The maximum atomic E-state index is 12.0. The molecule has 0 aliphatic heterocycles. The van der Waals surface area contributed by atoms with E-state index in [1.165, 1.54) is 6.42 Å². The van der Waals surface area contributed by atoms with Gasteiger partial charge in [0.05, 0.1) is 0 Å². The van der Waals surface area contributed by atoms with Crippen molar-refractivity contribution in [3.05, 3.63) is 24.3 Å². The molecule has 0 spiro atoms. The van der Waals surface area contributed by atoms with Crippen LogP contribution in [-0.2, 0) is 4.79 Å². The highest BCUT2D eigenvalue weighted by Crippen LogP contribution is 2.46. The lowest BCUT2D eigenvalue weighted by atomic mass is 9.62. The van der Waals surface area contributed by atoms with Crippen LogP contribution in [0, 0.1) is 11.3 Å². The van der Waals surface area contributed by atoms with Crippen molar-refractivity contribution in [2.45, 2.75) is 46.5 Å². The number of hydrogen-bond donors (Lipinski definition) is 0. The third kappa shape index (κ3) is 2.39. The monoisotopic (exact) mass is 206 g/mol. The fourth-order valence-electron chi connectivity index (χ4n) is 2.69. The molecule has 84 valence electrons. The SMILES string of the molecule is C=C1CCC[C@@](C)(CC)[C@@H]1C(=O)/C=C/C. The smallest absolute Gasteiger partial charge is 0.162 e. The van der Waals surface area contributed by atoms with Gasteiger partial charge in [-0.05, 0) is 44.1 Å². The van der Waals surface area contributed by atoms with E-state index >= 15 is 0 Å². The van der Waals surface area contributed by atoms with Crippen LogP contribution in [0.2, 0.25) is 0 Å². The molecule has 0 amide bonds. The first-order valence-electron chi connectivity index (χ1n) is 5.89. The molecule has 0 saturated heterocycles. The summed E-state index contributed by atoms with van der Waals surface area (Å²) in [6.07, 6.45) is 7.94. The molecule has 0 aromatic rings. The number of carbonyl (C=O) groups is 1. The summed E-state index contributed by atoms with van der Waals surface area (Å²) in [5.41, 5.74) is 1.26. The first-order chi connectivity index (χ1) is 7.05. The van der Waals surface area contributed by atoms with Gasteiger partial charge in [0.15, 0.2) is 5.78 Å². The molecule has 0 aromatic heterocycles. The number of hydrogen-bond acceptors (Lipinski definition) is 1. The Kier molecular flexibility index (Phi) is 3.90. The zero-order chi connectivity index (χ0) is 11.5. The van der Waals surface area contributed by atoms with Crippen LogP contribution in [0.25, 0.3) is 0 Å². The van der Waals surface area contributed by atoms with Gasteiger partial charge in [-0.25, -0.2) is 0 Å². The highest BCUT2D eigenvalue weighted by atomic mass is 16.1. The van der Waals surface area contributed by atoms with Crippen LogP contribution in [0.3, 0.4) is 0 Å². The summed E-state index contributed by atoms with van der Waals surface area (Å²) in [5, 5.41) is 0. The van der Waals surface area contributed by atoms with E-state index in [-0.39, 0.29) is 17.1 Å². The van der Waals surface area contributed by atoms with Gasteiger partial charge in [-0.1, -0.05) is 32.1 Å². The van der Waals surface area contributed by atoms with Crippen LogP contribution in [0.4, 0.5) is 0 Å². The molecule has 0 aromatic carbocycles. The zero-order valence-corrected chi connectivity index (χ0v) is 10.2. The Morgan fingerprint density at radius 3 is 2.87 bits per heavy atom. The maximum absolute atomic E-state index is 12.0. The van der Waals surface area contributed by atoms with Crippen LogP contribution >= 0.6 is 0 Å². The van der Waals surface area contributed by atoms with Crippen molar-refractivity contribution in [2.24, 2.45) is 11.3 Å². The van der Waals surface area contributed by atoms with E-state index in [0.717, 1.165) is 24.8 Å². The van der Waals surface area contributed by atoms with Crippen molar-refractivity contribution >= 4 is 5.78 Å². The van der Waals surface area contributed by atoms with Crippen LogP contribution in [0.15, 0.2) is 24.3 Å². The van der Waals surface area contributed by atoms with Gasteiger partial charge in [0, 0.05) is 5.92 Å². The molecule has 0 radical (unpaired) electrons. The topological polar surface area (TPSA) is 17.1 Å². The molecule has 1 fully saturated rings. The molecule has 1 rings (SSSR count). The lowest BCUT2D eigenvalue weighted by Crippen LogP contribution is -2.36. The molecule has 1 nitrogen and oxygen atoms in total. The van der Waals surface area contributed by atoms with E-state index in [1.807, 2.05) is 13.0 Å². The van der Waals surface area contributed by atoms with Gasteiger partial charge in [0.2, 0.25) is 0 Å². The molecule has 0 N–H and O–H groups in total. The van der Waals surface area contributed by atoms with Crippen molar-refractivity contribution in [2.75, 3.05) is 0 Å². The minimum atomic E-state index is 0.0486. The van der Waals surface area contributed by atoms with Crippen molar-refractivity contribution in [3.8, 4) is 0 Å². The average Bonchev–Trinajstić information content (AvgIpc) is 2.18. The average molecular weight is 206 g/mol. The molecular formula is C14H22O. The van der Waals surface area contributed by atoms with E-state index in [0.29, 0.717) is 0 Å². The van der Waals surface area contributed by atoms with Crippen molar-refractivity contribution in [1.82, 2.24) is 0 Å². The summed E-state index contributed by atoms with van der Waals surface area (Å²) in [6.45, 7) is 10.4. The standard InChI is InChI=1S/C14H22O/c1-5-8-12(15)13-11(3)9-7-10-14(13,4)6-2/h5,8,13H,3,6-7,9-10H2,1-2,4H3/b8-5+/t13-,14+/m0/s1. The predicted octanol–water partition coefficient (Wildman–Crippen LogP) is 3.90. The number of allylic oxidation sites excluding steroid dienone is 3. The largest absolute Gasteiger partial charge is 0.294 e. The third-order valence-corrected chi connectivity index (χ3v) is 3.77. The molecule has 0 unspecified atom stereocenters. The normalized spacial score (nSPS) is 32.2. The first-order valence-corrected chi connectivity index (χ1v) is 5.89. The predicted molar refractivity (Wildman–Crippen MR) is 64.7 cm³/mol. The van der Waals surface area contributed by atoms with Crippen molar-refractivity contribution in [1.29, 1.82) is 0 Å².